The fourth-order valence-corrected chi connectivity index (χ4v) is 8.73. The van der Waals surface area contributed by atoms with Crippen molar-refractivity contribution in [2.24, 2.45) is 28.6 Å². The zero-order chi connectivity index (χ0) is 19.7. The molecule has 150 valence electrons. The minimum absolute atomic E-state index is 0.00590. The minimum atomic E-state index is -0.810. The smallest absolute Gasteiger partial charge is 0.309 e. The summed E-state index contributed by atoms with van der Waals surface area (Å²) in [5.74, 6) is -0.448. The molecule has 3 aliphatic rings. The summed E-state index contributed by atoms with van der Waals surface area (Å²) >= 11 is 28.2. The molecule has 0 unspecified atom stereocenters. The third-order valence-electron chi connectivity index (χ3n) is 8.30. The molecule has 0 bridgehead atoms. The lowest BCUT2D eigenvalue weighted by Gasteiger charge is -2.66. The maximum atomic E-state index is 12.2. The first-order chi connectivity index (χ1) is 11.8. The molecule has 3 saturated carbocycles. The molecule has 3 aliphatic carbocycles. The molecule has 26 heavy (non-hydrogen) atoms. The van der Waals surface area contributed by atoms with E-state index in [2.05, 4.69) is 20.8 Å². The van der Waals surface area contributed by atoms with Crippen LogP contribution < -0.4 is 0 Å². The minimum Gasteiger partial charge on any atom is -0.481 e. The van der Waals surface area contributed by atoms with Crippen LogP contribution in [0, 0.1) is 28.6 Å². The largest absolute Gasteiger partial charge is 0.481 e. The summed E-state index contributed by atoms with van der Waals surface area (Å²) in [4.78, 5) is 10.8. The van der Waals surface area contributed by atoms with Gasteiger partial charge in [-0.05, 0) is 62.2 Å². The van der Waals surface area contributed by atoms with Gasteiger partial charge in [0.2, 0.25) is 0 Å². The van der Waals surface area contributed by atoms with Crippen molar-refractivity contribution in [1.82, 2.24) is 0 Å². The number of rotatable bonds is 2. The van der Waals surface area contributed by atoms with Gasteiger partial charge in [-0.3, -0.25) is 4.79 Å². The molecule has 0 saturated heterocycles. The lowest BCUT2D eigenvalue weighted by molar-refractivity contribution is -0.170. The lowest BCUT2D eigenvalue weighted by Crippen LogP contribution is -2.70. The summed E-state index contributed by atoms with van der Waals surface area (Å²) in [5.41, 5.74) is -0.936. The number of aliphatic carboxylic acids is 1. The SMILES string of the molecule is CC(C)[C@@]1(Cl)CC[C@@H]2[C@]3(C)CCC[C@@](C)(C(=O)O)[C@@H]3C[C@H](Cl)[C@]2(Cl)[C@@H]1Cl. The Bertz CT molecular complexity index is 598. The first-order valence-corrected chi connectivity index (χ1v) is 11.4. The van der Waals surface area contributed by atoms with Gasteiger partial charge in [0.1, 0.15) is 0 Å². The van der Waals surface area contributed by atoms with Crippen molar-refractivity contribution < 1.29 is 9.90 Å². The van der Waals surface area contributed by atoms with Crippen molar-refractivity contribution >= 4 is 52.4 Å². The van der Waals surface area contributed by atoms with E-state index in [1.54, 1.807) is 0 Å². The van der Waals surface area contributed by atoms with E-state index in [4.69, 9.17) is 46.4 Å². The molecule has 0 aromatic carbocycles. The van der Waals surface area contributed by atoms with Crippen LogP contribution in [0.4, 0.5) is 0 Å². The van der Waals surface area contributed by atoms with E-state index in [0.29, 0.717) is 12.8 Å². The zero-order valence-corrected chi connectivity index (χ0v) is 19.0. The molecule has 0 radical (unpaired) electrons. The van der Waals surface area contributed by atoms with Gasteiger partial charge in [-0.2, -0.15) is 0 Å². The fraction of sp³-hybridized carbons (Fsp3) is 0.950. The molecule has 0 spiro atoms. The average molecular weight is 444 g/mol. The highest BCUT2D eigenvalue weighted by Gasteiger charge is 2.70. The Hall–Kier alpha value is 0.630. The Kier molecular flexibility index (Phi) is 5.40. The second kappa shape index (κ2) is 6.57. The van der Waals surface area contributed by atoms with Crippen molar-refractivity contribution in [2.45, 2.75) is 86.7 Å². The normalized spacial score (nSPS) is 54.5. The Morgan fingerprint density at radius 3 is 2.23 bits per heavy atom. The molecular formula is C20H30Cl4O2. The third-order valence-corrected chi connectivity index (χ3v) is 11.5. The number of alkyl halides is 4. The molecule has 6 heteroatoms. The first-order valence-electron chi connectivity index (χ1n) is 9.74. The van der Waals surface area contributed by atoms with Gasteiger partial charge in [-0.25, -0.2) is 0 Å². The second-order valence-corrected chi connectivity index (χ2v) is 12.0. The zero-order valence-electron chi connectivity index (χ0n) is 16.0. The first kappa shape index (κ1) is 21.3. The number of halogens is 4. The molecule has 2 nitrogen and oxygen atoms in total. The van der Waals surface area contributed by atoms with Crippen LogP contribution in [-0.4, -0.2) is 31.6 Å². The van der Waals surface area contributed by atoms with Crippen molar-refractivity contribution in [3.8, 4) is 0 Å². The number of carbonyl (C=O) groups is 1. The van der Waals surface area contributed by atoms with Crippen molar-refractivity contribution in [3.63, 3.8) is 0 Å². The standard InChI is InChI=1S/C20H30Cl4O2/c1-11(2)19(23)9-6-12-17(3)7-5-8-18(4,16(25)26)13(17)10-14(21)20(12,24)15(19)22/h11-15H,5-10H2,1-4H3,(H,25,26)/t12-,13-,14+,15-,17+,18-,19+,20+/m1/s1. The summed E-state index contributed by atoms with van der Waals surface area (Å²) in [6, 6.07) is 0. The van der Waals surface area contributed by atoms with Gasteiger partial charge in [-0.1, -0.05) is 27.2 Å². The number of fused-ring (bicyclic) bond motifs is 3. The van der Waals surface area contributed by atoms with E-state index in [9.17, 15) is 9.90 Å². The molecule has 0 aromatic heterocycles. The lowest BCUT2D eigenvalue weighted by atomic mass is 9.43. The van der Waals surface area contributed by atoms with Crippen LogP contribution >= 0.6 is 46.4 Å². The van der Waals surface area contributed by atoms with Crippen LogP contribution in [0.2, 0.25) is 0 Å². The van der Waals surface area contributed by atoms with Crippen LogP contribution in [0.3, 0.4) is 0 Å². The number of carboxylic acid groups (broad SMARTS) is 1. The molecule has 3 fully saturated rings. The van der Waals surface area contributed by atoms with Gasteiger partial charge in [0.05, 0.1) is 25.9 Å². The third kappa shape index (κ3) is 2.61. The predicted molar refractivity (Wildman–Crippen MR) is 110 cm³/mol. The van der Waals surface area contributed by atoms with Crippen LogP contribution in [0.1, 0.15) is 66.2 Å². The summed E-state index contributed by atoms with van der Waals surface area (Å²) in [6.07, 6.45) is 4.79. The number of carboxylic acids is 1. The van der Waals surface area contributed by atoms with E-state index < -0.39 is 26.5 Å². The maximum absolute atomic E-state index is 12.2. The Morgan fingerprint density at radius 2 is 1.69 bits per heavy atom. The molecular weight excluding hydrogens is 414 g/mol. The van der Waals surface area contributed by atoms with Crippen molar-refractivity contribution in [1.29, 1.82) is 0 Å². The van der Waals surface area contributed by atoms with E-state index in [-0.39, 0.29) is 28.5 Å². The summed E-state index contributed by atoms with van der Waals surface area (Å²) in [7, 11) is 0. The molecule has 0 aliphatic heterocycles. The van der Waals surface area contributed by atoms with Crippen LogP contribution in [-0.2, 0) is 4.79 Å². The van der Waals surface area contributed by atoms with Gasteiger partial charge in [0, 0.05) is 0 Å². The number of hydrogen-bond donors (Lipinski definition) is 1. The quantitative estimate of drug-likeness (QED) is 0.493. The van der Waals surface area contributed by atoms with Crippen LogP contribution in [0.15, 0.2) is 0 Å². The van der Waals surface area contributed by atoms with Crippen LogP contribution in [0.25, 0.3) is 0 Å². The molecule has 0 aromatic rings. The van der Waals surface area contributed by atoms with E-state index in [0.717, 1.165) is 25.7 Å². The summed E-state index contributed by atoms with van der Waals surface area (Å²) < 4.78 is 0. The average Bonchev–Trinajstić information content (AvgIpc) is 2.54. The predicted octanol–water partition coefficient (Wildman–Crippen LogP) is 6.52. The highest BCUT2D eigenvalue weighted by molar-refractivity contribution is 6.41. The molecule has 1 N–H and O–H groups in total. The second-order valence-electron chi connectivity index (χ2n) is 9.70. The monoisotopic (exact) mass is 442 g/mol. The molecule has 0 heterocycles. The van der Waals surface area contributed by atoms with E-state index in [1.165, 1.54) is 0 Å². The Labute approximate surface area is 177 Å². The van der Waals surface area contributed by atoms with Gasteiger partial charge >= 0.3 is 5.97 Å². The maximum Gasteiger partial charge on any atom is 0.309 e. The molecule has 8 atom stereocenters. The van der Waals surface area contributed by atoms with Crippen LogP contribution in [0.5, 0.6) is 0 Å². The van der Waals surface area contributed by atoms with Gasteiger partial charge in [-0.15, -0.1) is 46.4 Å². The Balaban J connectivity index is 2.08. The topological polar surface area (TPSA) is 37.3 Å². The summed E-state index contributed by atoms with van der Waals surface area (Å²) in [6.45, 7) is 8.29. The Morgan fingerprint density at radius 1 is 1.08 bits per heavy atom. The fourth-order valence-electron chi connectivity index (χ4n) is 6.55. The van der Waals surface area contributed by atoms with Crippen molar-refractivity contribution in [2.75, 3.05) is 0 Å². The van der Waals surface area contributed by atoms with Gasteiger partial charge in [0.25, 0.3) is 0 Å². The van der Waals surface area contributed by atoms with Gasteiger partial charge in [0.15, 0.2) is 0 Å². The van der Waals surface area contributed by atoms with Gasteiger partial charge < -0.3 is 5.11 Å². The van der Waals surface area contributed by atoms with Crippen molar-refractivity contribution in [3.05, 3.63) is 0 Å². The highest BCUT2D eigenvalue weighted by atomic mass is 35.5. The van der Waals surface area contributed by atoms with E-state index >= 15 is 0 Å². The van der Waals surface area contributed by atoms with E-state index in [1.807, 2.05) is 6.92 Å². The molecule has 0 amide bonds. The summed E-state index contributed by atoms with van der Waals surface area (Å²) in [5, 5.41) is 9.15. The number of hydrogen-bond acceptors (Lipinski definition) is 1. The highest BCUT2D eigenvalue weighted by Crippen LogP contribution is 2.69. The molecule has 3 rings (SSSR count).